The molecule has 0 radical (unpaired) electrons. The van der Waals surface area contributed by atoms with Gasteiger partial charge in [-0.05, 0) is 30.0 Å². The van der Waals surface area contributed by atoms with Gasteiger partial charge in [-0.2, -0.15) is 0 Å². The molecule has 0 aliphatic rings. The summed E-state index contributed by atoms with van der Waals surface area (Å²) in [5.74, 6) is -0.188. The maximum atomic E-state index is 13.8. The molecule has 1 amide bonds. The summed E-state index contributed by atoms with van der Waals surface area (Å²) in [6, 6.07) is 9.91. The van der Waals surface area contributed by atoms with Crippen molar-refractivity contribution in [2.45, 2.75) is 6.92 Å². The number of rotatable bonds is 4. The third kappa shape index (κ3) is 2.80. The first-order chi connectivity index (χ1) is 9.54. The minimum Gasteiger partial charge on any atom is -0.341 e. The van der Waals surface area contributed by atoms with Gasteiger partial charge in [0.15, 0.2) is 0 Å². The summed E-state index contributed by atoms with van der Waals surface area (Å²) in [6.07, 6.45) is 0. The first kappa shape index (κ1) is 14.5. The van der Waals surface area contributed by atoms with Crippen molar-refractivity contribution < 1.29 is 9.18 Å². The van der Waals surface area contributed by atoms with Crippen LogP contribution in [0, 0.1) is 11.7 Å². The summed E-state index contributed by atoms with van der Waals surface area (Å²) in [6.45, 7) is 3.11. The molecule has 0 bridgehead atoms. The minimum atomic E-state index is -0.310. The van der Waals surface area contributed by atoms with Crippen LogP contribution in [0.2, 0.25) is 0 Å². The Morgan fingerprint density at radius 3 is 2.55 bits per heavy atom. The van der Waals surface area contributed by atoms with Crippen LogP contribution in [0.3, 0.4) is 0 Å². The van der Waals surface area contributed by atoms with E-state index in [1.54, 1.807) is 42.3 Å². The van der Waals surface area contributed by atoms with Crippen molar-refractivity contribution in [1.82, 2.24) is 4.90 Å². The first-order valence-electron chi connectivity index (χ1n) is 6.67. The average Bonchev–Trinajstić information content (AvgIpc) is 2.47. The third-order valence-electron chi connectivity index (χ3n) is 3.44. The number of fused-ring (bicyclic) bond motifs is 1. The van der Waals surface area contributed by atoms with Gasteiger partial charge in [0.2, 0.25) is 0 Å². The van der Waals surface area contributed by atoms with E-state index >= 15 is 0 Å². The lowest BCUT2D eigenvalue weighted by Crippen LogP contribution is -2.33. The molecule has 2 aromatic rings. The maximum absolute atomic E-state index is 13.8. The molecule has 2 N–H and O–H groups in total. The fourth-order valence-electron chi connectivity index (χ4n) is 2.28. The van der Waals surface area contributed by atoms with E-state index in [9.17, 15) is 9.18 Å². The topological polar surface area (TPSA) is 46.3 Å². The highest BCUT2D eigenvalue weighted by Crippen LogP contribution is 2.23. The summed E-state index contributed by atoms with van der Waals surface area (Å²) in [7, 11) is 1.74. The molecule has 0 heterocycles. The van der Waals surface area contributed by atoms with Crippen molar-refractivity contribution in [1.29, 1.82) is 0 Å². The van der Waals surface area contributed by atoms with Gasteiger partial charge in [0, 0.05) is 24.5 Å². The van der Waals surface area contributed by atoms with Gasteiger partial charge < -0.3 is 10.6 Å². The molecule has 4 heteroatoms. The maximum Gasteiger partial charge on any atom is 0.254 e. The quantitative estimate of drug-likeness (QED) is 0.931. The standard InChI is InChI=1S/C16H19FN2O/c1-11(9-18)10-19(2)16(20)14-7-8-15(17)13-6-4-3-5-12(13)14/h3-8,11H,9-10,18H2,1-2H3. The van der Waals surface area contributed by atoms with Crippen molar-refractivity contribution in [2.75, 3.05) is 20.1 Å². The van der Waals surface area contributed by atoms with Crippen molar-refractivity contribution in [3.8, 4) is 0 Å². The zero-order valence-electron chi connectivity index (χ0n) is 11.8. The monoisotopic (exact) mass is 274 g/mol. The van der Waals surface area contributed by atoms with Gasteiger partial charge in [-0.3, -0.25) is 4.79 Å². The summed E-state index contributed by atoms with van der Waals surface area (Å²) >= 11 is 0. The molecule has 2 aromatic carbocycles. The van der Waals surface area contributed by atoms with E-state index in [0.717, 1.165) is 0 Å². The van der Waals surface area contributed by atoms with E-state index in [2.05, 4.69) is 0 Å². The summed E-state index contributed by atoms with van der Waals surface area (Å²) in [4.78, 5) is 14.1. The zero-order valence-corrected chi connectivity index (χ0v) is 11.8. The van der Waals surface area contributed by atoms with Gasteiger partial charge in [0.25, 0.3) is 5.91 Å². The van der Waals surface area contributed by atoms with Gasteiger partial charge in [-0.15, -0.1) is 0 Å². The fourth-order valence-corrected chi connectivity index (χ4v) is 2.28. The molecule has 1 atom stereocenters. The van der Waals surface area contributed by atoms with E-state index in [-0.39, 0.29) is 17.6 Å². The molecule has 2 rings (SSSR count). The SMILES string of the molecule is CC(CN)CN(C)C(=O)c1ccc(F)c2ccccc12. The largest absolute Gasteiger partial charge is 0.341 e. The Hall–Kier alpha value is -1.94. The molecule has 0 saturated carbocycles. The van der Waals surface area contributed by atoms with Gasteiger partial charge in [-0.25, -0.2) is 4.39 Å². The lowest BCUT2D eigenvalue weighted by atomic mass is 10.0. The lowest BCUT2D eigenvalue weighted by Gasteiger charge is -2.21. The van der Waals surface area contributed by atoms with Crippen LogP contribution in [-0.2, 0) is 0 Å². The summed E-state index contributed by atoms with van der Waals surface area (Å²) < 4.78 is 13.8. The van der Waals surface area contributed by atoms with Crippen molar-refractivity contribution in [3.63, 3.8) is 0 Å². The number of amides is 1. The number of carbonyl (C=O) groups is 1. The fraction of sp³-hybridized carbons (Fsp3) is 0.312. The van der Waals surface area contributed by atoms with Gasteiger partial charge in [0.1, 0.15) is 5.82 Å². The van der Waals surface area contributed by atoms with Gasteiger partial charge in [0.05, 0.1) is 0 Å². The van der Waals surface area contributed by atoms with Crippen molar-refractivity contribution >= 4 is 16.7 Å². The molecule has 3 nitrogen and oxygen atoms in total. The number of hydrogen-bond donors (Lipinski definition) is 1. The van der Waals surface area contributed by atoms with Crippen LogP contribution in [0.15, 0.2) is 36.4 Å². The van der Waals surface area contributed by atoms with Crippen molar-refractivity contribution in [2.24, 2.45) is 11.7 Å². The van der Waals surface area contributed by atoms with E-state index in [1.165, 1.54) is 6.07 Å². The Morgan fingerprint density at radius 2 is 1.90 bits per heavy atom. The number of nitrogens with zero attached hydrogens (tertiary/aromatic N) is 1. The Kier molecular flexibility index (Phi) is 4.35. The Labute approximate surface area is 118 Å². The number of hydrogen-bond acceptors (Lipinski definition) is 2. The average molecular weight is 274 g/mol. The smallest absolute Gasteiger partial charge is 0.254 e. The molecule has 106 valence electrons. The summed E-state index contributed by atoms with van der Waals surface area (Å²) in [5, 5.41) is 1.11. The Bertz CT molecular complexity index is 627. The zero-order chi connectivity index (χ0) is 14.7. The van der Waals surface area contributed by atoms with E-state index in [4.69, 9.17) is 5.73 Å². The van der Waals surface area contributed by atoms with Crippen LogP contribution in [0.5, 0.6) is 0 Å². The first-order valence-corrected chi connectivity index (χ1v) is 6.67. The normalized spacial score (nSPS) is 12.4. The molecule has 0 saturated heterocycles. The van der Waals surface area contributed by atoms with E-state index < -0.39 is 0 Å². The second kappa shape index (κ2) is 6.01. The number of halogens is 1. The van der Waals surface area contributed by atoms with Crippen LogP contribution < -0.4 is 5.73 Å². The Morgan fingerprint density at radius 1 is 1.25 bits per heavy atom. The van der Waals surface area contributed by atoms with Crippen LogP contribution >= 0.6 is 0 Å². The molecule has 0 fully saturated rings. The Balaban J connectivity index is 2.38. The highest BCUT2D eigenvalue weighted by atomic mass is 19.1. The van der Waals surface area contributed by atoms with Gasteiger partial charge >= 0.3 is 0 Å². The highest BCUT2D eigenvalue weighted by Gasteiger charge is 2.17. The second-order valence-electron chi connectivity index (χ2n) is 5.17. The van der Waals surface area contributed by atoms with Crippen LogP contribution in [0.25, 0.3) is 10.8 Å². The molecule has 1 unspecified atom stereocenters. The van der Waals surface area contributed by atoms with Crippen LogP contribution in [0.4, 0.5) is 4.39 Å². The highest BCUT2D eigenvalue weighted by molar-refractivity contribution is 6.07. The second-order valence-corrected chi connectivity index (χ2v) is 5.17. The number of nitrogens with two attached hydrogens (primary N) is 1. The lowest BCUT2D eigenvalue weighted by molar-refractivity contribution is 0.0779. The molecule has 20 heavy (non-hydrogen) atoms. The summed E-state index contributed by atoms with van der Waals surface area (Å²) in [5.41, 5.74) is 6.10. The van der Waals surface area contributed by atoms with E-state index in [0.29, 0.717) is 29.4 Å². The predicted octanol–water partition coefficient (Wildman–Crippen LogP) is 2.65. The number of carbonyl (C=O) groups excluding carboxylic acids is 1. The number of benzene rings is 2. The van der Waals surface area contributed by atoms with Crippen molar-refractivity contribution in [3.05, 3.63) is 47.8 Å². The van der Waals surface area contributed by atoms with Crippen LogP contribution in [0.1, 0.15) is 17.3 Å². The van der Waals surface area contributed by atoms with Crippen LogP contribution in [-0.4, -0.2) is 30.9 Å². The predicted molar refractivity (Wildman–Crippen MR) is 79.1 cm³/mol. The van der Waals surface area contributed by atoms with E-state index in [1.807, 2.05) is 6.92 Å². The molecule has 0 aliphatic heterocycles. The third-order valence-corrected chi connectivity index (χ3v) is 3.44. The molecular weight excluding hydrogens is 255 g/mol. The molecular formula is C16H19FN2O. The van der Waals surface area contributed by atoms with Gasteiger partial charge in [-0.1, -0.05) is 31.2 Å². The molecule has 0 aromatic heterocycles. The molecule has 0 aliphatic carbocycles. The minimum absolute atomic E-state index is 0.110. The molecule has 0 spiro atoms.